The van der Waals surface area contributed by atoms with Crippen molar-refractivity contribution in [2.45, 2.75) is 18.0 Å². The van der Waals surface area contributed by atoms with Gasteiger partial charge in [0.15, 0.2) is 0 Å². The van der Waals surface area contributed by atoms with Crippen molar-refractivity contribution in [3.05, 3.63) is 82.9 Å². The number of halogens is 1. The molecule has 0 fully saturated rings. The molecule has 1 heterocycles. The first kappa shape index (κ1) is 16.9. The molecule has 0 aliphatic heterocycles. The molecule has 5 nitrogen and oxygen atoms in total. The molecule has 124 valence electrons. The van der Waals surface area contributed by atoms with Gasteiger partial charge in [-0.05, 0) is 35.4 Å². The minimum absolute atomic E-state index is 0.252. The molecule has 3 aromatic rings. The maximum Gasteiger partial charge on any atom is 0.240 e. The van der Waals surface area contributed by atoms with Gasteiger partial charge in [0.1, 0.15) is 0 Å². The van der Waals surface area contributed by atoms with Crippen LogP contribution in [0.4, 0.5) is 0 Å². The van der Waals surface area contributed by atoms with Gasteiger partial charge in [-0.3, -0.25) is 0 Å². The smallest absolute Gasteiger partial charge is 0.240 e. The molecule has 0 aliphatic carbocycles. The van der Waals surface area contributed by atoms with Crippen LogP contribution in [-0.2, 0) is 23.1 Å². The van der Waals surface area contributed by atoms with E-state index in [2.05, 4.69) is 25.6 Å². The van der Waals surface area contributed by atoms with Gasteiger partial charge in [0.05, 0.1) is 11.2 Å². The van der Waals surface area contributed by atoms with Crippen LogP contribution in [0.2, 0.25) is 0 Å². The number of sulfonamides is 1. The summed E-state index contributed by atoms with van der Waals surface area (Å²) in [5.74, 6) is 0. The summed E-state index contributed by atoms with van der Waals surface area (Å²) in [5.41, 5.74) is 2.04. The summed E-state index contributed by atoms with van der Waals surface area (Å²) in [4.78, 5) is 4.26. The second-order valence-electron chi connectivity index (χ2n) is 5.33. The average molecular weight is 406 g/mol. The highest BCUT2D eigenvalue weighted by Crippen LogP contribution is 2.15. The third-order valence-corrected chi connectivity index (χ3v) is 5.48. The Balaban J connectivity index is 1.62. The van der Waals surface area contributed by atoms with Crippen LogP contribution < -0.4 is 4.72 Å². The van der Waals surface area contributed by atoms with E-state index in [1.807, 2.05) is 35.0 Å². The fraction of sp³-hybridized carbons (Fsp3) is 0.118. The van der Waals surface area contributed by atoms with E-state index in [0.29, 0.717) is 0 Å². The zero-order chi connectivity index (χ0) is 17.0. The number of rotatable bonds is 6. The third kappa shape index (κ3) is 4.31. The molecule has 0 unspecified atom stereocenters. The van der Waals surface area contributed by atoms with Gasteiger partial charge in [-0.2, -0.15) is 0 Å². The molecule has 0 atom stereocenters. The quantitative estimate of drug-likeness (QED) is 0.684. The maximum absolute atomic E-state index is 12.3. The molecule has 0 saturated carbocycles. The van der Waals surface area contributed by atoms with E-state index in [4.69, 9.17) is 0 Å². The Labute approximate surface area is 149 Å². The topological polar surface area (TPSA) is 64.0 Å². The van der Waals surface area contributed by atoms with Crippen molar-refractivity contribution in [2.24, 2.45) is 0 Å². The van der Waals surface area contributed by atoms with Crippen LogP contribution in [0.15, 0.2) is 76.6 Å². The van der Waals surface area contributed by atoms with E-state index in [9.17, 15) is 8.42 Å². The van der Waals surface area contributed by atoms with Crippen LogP contribution in [-0.4, -0.2) is 18.0 Å². The summed E-state index contributed by atoms with van der Waals surface area (Å²) < 4.78 is 30.0. The van der Waals surface area contributed by atoms with Gasteiger partial charge in [-0.15, -0.1) is 0 Å². The monoisotopic (exact) mass is 405 g/mol. The summed E-state index contributed by atoms with van der Waals surface area (Å²) >= 11 is 3.29. The molecule has 0 spiro atoms. The SMILES string of the molecule is O=S(=O)(NCc1ccc(Cn2ccnc2)cc1)c1ccc(Br)cc1. The summed E-state index contributed by atoms with van der Waals surface area (Å²) in [6.45, 7) is 0.995. The first-order chi connectivity index (χ1) is 11.5. The molecular formula is C17H16BrN3O2S. The van der Waals surface area contributed by atoms with E-state index >= 15 is 0 Å². The molecule has 7 heteroatoms. The fourth-order valence-electron chi connectivity index (χ4n) is 2.23. The Morgan fingerprint density at radius 3 is 2.29 bits per heavy atom. The van der Waals surface area contributed by atoms with Crippen LogP contribution in [0.5, 0.6) is 0 Å². The number of benzene rings is 2. The normalized spacial score (nSPS) is 11.5. The number of nitrogens with one attached hydrogen (secondary N) is 1. The highest BCUT2D eigenvalue weighted by Gasteiger charge is 2.13. The predicted octanol–water partition coefficient (Wildman–Crippen LogP) is 3.17. The summed E-state index contributed by atoms with van der Waals surface area (Å²) in [6.07, 6.45) is 5.41. The average Bonchev–Trinajstić information content (AvgIpc) is 3.08. The van der Waals surface area contributed by atoms with Gasteiger partial charge >= 0.3 is 0 Å². The van der Waals surface area contributed by atoms with Crippen molar-refractivity contribution in [1.82, 2.24) is 14.3 Å². The van der Waals surface area contributed by atoms with Gasteiger partial charge in [-0.1, -0.05) is 40.2 Å². The molecule has 1 aromatic heterocycles. The molecule has 0 radical (unpaired) electrons. The second-order valence-corrected chi connectivity index (χ2v) is 8.01. The van der Waals surface area contributed by atoms with Gasteiger partial charge in [0.25, 0.3) is 0 Å². The van der Waals surface area contributed by atoms with E-state index in [0.717, 1.165) is 22.1 Å². The molecule has 3 rings (SSSR count). The number of aromatic nitrogens is 2. The lowest BCUT2D eigenvalue weighted by atomic mass is 10.1. The van der Waals surface area contributed by atoms with E-state index in [1.54, 1.807) is 36.8 Å². The van der Waals surface area contributed by atoms with Gasteiger partial charge in [0.2, 0.25) is 10.0 Å². The van der Waals surface area contributed by atoms with Crippen LogP contribution in [0.3, 0.4) is 0 Å². The van der Waals surface area contributed by atoms with Crippen LogP contribution >= 0.6 is 15.9 Å². The fourth-order valence-corrected chi connectivity index (χ4v) is 3.51. The van der Waals surface area contributed by atoms with Crippen molar-refractivity contribution in [2.75, 3.05) is 0 Å². The highest BCUT2D eigenvalue weighted by atomic mass is 79.9. The molecule has 0 bridgehead atoms. The first-order valence-electron chi connectivity index (χ1n) is 7.32. The van der Waals surface area contributed by atoms with Crippen LogP contribution in [0.25, 0.3) is 0 Å². The second kappa shape index (κ2) is 7.29. The van der Waals surface area contributed by atoms with Gasteiger partial charge < -0.3 is 4.57 Å². The maximum atomic E-state index is 12.3. The van der Waals surface area contributed by atoms with E-state index in [-0.39, 0.29) is 11.4 Å². The van der Waals surface area contributed by atoms with Gasteiger partial charge in [0, 0.05) is 30.0 Å². The lowest BCUT2D eigenvalue weighted by Crippen LogP contribution is -2.23. The van der Waals surface area contributed by atoms with E-state index in [1.165, 1.54) is 0 Å². The zero-order valence-electron chi connectivity index (χ0n) is 12.8. The molecule has 0 aliphatic rings. The van der Waals surface area contributed by atoms with Crippen LogP contribution in [0, 0.1) is 0 Å². The van der Waals surface area contributed by atoms with Crippen molar-refractivity contribution in [1.29, 1.82) is 0 Å². The van der Waals surface area contributed by atoms with Crippen molar-refractivity contribution in [3.63, 3.8) is 0 Å². The molecule has 0 saturated heterocycles. The summed E-state index contributed by atoms with van der Waals surface area (Å²) in [7, 11) is -3.51. The largest absolute Gasteiger partial charge is 0.333 e. The van der Waals surface area contributed by atoms with Crippen LogP contribution in [0.1, 0.15) is 11.1 Å². The zero-order valence-corrected chi connectivity index (χ0v) is 15.2. The lowest BCUT2D eigenvalue weighted by Gasteiger charge is -2.08. The Bertz CT molecular complexity index is 890. The number of hydrogen-bond acceptors (Lipinski definition) is 3. The Morgan fingerprint density at radius 2 is 1.67 bits per heavy atom. The molecule has 24 heavy (non-hydrogen) atoms. The number of nitrogens with zero attached hydrogens (tertiary/aromatic N) is 2. The minimum Gasteiger partial charge on any atom is -0.333 e. The Kier molecular flexibility index (Phi) is 5.13. The predicted molar refractivity (Wildman–Crippen MR) is 95.9 cm³/mol. The summed E-state index contributed by atoms with van der Waals surface area (Å²) in [6, 6.07) is 14.4. The molecule has 0 amide bonds. The van der Waals surface area contributed by atoms with Crippen molar-refractivity contribution < 1.29 is 8.42 Å². The summed E-state index contributed by atoms with van der Waals surface area (Å²) in [5, 5.41) is 0. The third-order valence-electron chi connectivity index (χ3n) is 3.54. The minimum atomic E-state index is -3.51. The van der Waals surface area contributed by atoms with Crippen molar-refractivity contribution >= 4 is 26.0 Å². The lowest BCUT2D eigenvalue weighted by molar-refractivity contribution is 0.581. The van der Waals surface area contributed by atoms with E-state index < -0.39 is 10.0 Å². The Morgan fingerprint density at radius 1 is 1.00 bits per heavy atom. The van der Waals surface area contributed by atoms with Gasteiger partial charge in [-0.25, -0.2) is 18.1 Å². The molecule has 2 aromatic carbocycles. The number of hydrogen-bond donors (Lipinski definition) is 1. The molecular weight excluding hydrogens is 390 g/mol. The highest BCUT2D eigenvalue weighted by molar-refractivity contribution is 9.10. The Hall–Kier alpha value is -1.96. The standard InChI is InChI=1S/C17H16BrN3O2S/c18-16-5-7-17(8-6-16)24(22,23)20-11-14-1-3-15(4-2-14)12-21-10-9-19-13-21/h1-10,13,20H,11-12H2. The first-order valence-corrected chi connectivity index (χ1v) is 9.59. The number of imidazole rings is 1. The molecule has 1 N–H and O–H groups in total. The van der Waals surface area contributed by atoms with Crippen molar-refractivity contribution in [3.8, 4) is 0 Å².